The molecule has 0 saturated heterocycles. The van der Waals surface area contributed by atoms with Crippen LogP contribution < -0.4 is 0 Å². The molecule has 3 rings (SSSR count). The van der Waals surface area contributed by atoms with Crippen molar-refractivity contribution in [3.63, 3.8) is 0 Å². The van der Waals surface area contributed by atoms with Crippen molar-refractivity contribution < 1.29 is 10.2 Å². The van der Waals surface area contributed by atoms with Gasteiger partial charge in [0.05, 0.1) is 22.4 Å². The third-order valence-electron chi connectivity index (χ3n) is 2.59. The van der Waals surface area contributed by atoms with E-state index in [0.717, 1.165) is 9.81 Å². The summed E-state index contributed by atoms with van der Waals surface area (Å²) in [6.45, 7) is 0.287. The lowest BCUT2D eigenvalue weighted by Gasteiger charge is -2.07. The van der Waals surface area contributed by atoms with E-state index in [-0.39, 0.29) is 13.2 Å². The van der Waals surface area contributed by atoms with Crippen molar-refractivity contribution in [2.45, 2.75) is 9.16 Å². The molecule has 0 spiro atoms. The molecule has 0 aromatic carbocycles. The van der Waals surface area contributed by atoms with Gasteiger partial charge < -0.3 is 10.2 Å². The van der Waals surface area contributed by atoms with Crippen molar-refractivity contribution in [3.05, 3.63) is 42.5 Å². The summed E-state index contributed by atoms with van der Waals surface area (Å²) in [5, 5.41) is 22.4. The number of aliphatic hydroxyl groups is 2. The Morgan fingerprint density at radius 1 is 0.842 bits per heavy atom. The monoisotopic (exact) mass is 348 g/mol. The number of thiophene rings is 1. The van der Waals surface area contributed by atoms with Crippen LogP contribution in [0.15, 0.2) is 32.8 Å². The molecular formula is C12H12O2S5. The van der Waals surface area contributed by atoms with Crippen LogP contribution in [0.25, 0.3) is 0 Å². The molecule has 0 radical (unpaired) electrons. The van der Waals surface area contributed by atoms with Gasteiger partial charge in [0.25, 0.3) is 0 Å². The Bertz CT molecular complexity index is 477. The summed E-state index contributed by atoms with van der Waals surface area (Å²) in [5.41, 5.74) is 0. The van der Waals surface area contributed by atoms with E-state index in [1.54, 1.807) is 47.0 Å². The standard InChI is InChI=1S/C12H12O2S5/c13-3-7-5-15-11(17-7)9-1-2-10(19-9)12-16-6-8(4-14)18-12/h1-2,5-6,11-14H,3-4H2. The lowest BCUT2D eigenvalue weighted by atomic mass is 10.4. The molecule has 2 aliphatic rings. The molecular weight excluding hydrogens is 336 g/mol. The second kappa shape index (κ2) is 6.51. The van der Waals surface area contributed by atoms with Crippen LogP contribution in [0.5, 0.6) is 0 Å². The highest BCUT2D eigenvalue weighted by atomic mass is 32.2. The first-order chi connectivity index (χ1) is 9.30. The average Bonchev–Trinajstić information content (AvgIpc) is 3.16. The molecule has 0 amide bonds. The highest BCUT2D eigenvalue weighted by Crippen LogP contribution is 2.56. The molecule has 0 fully saturated rings. The van der Waals surface area contributed by atoms with Gasteiger partial charge in [0.1, 0.15) is 0 Å². The maximum Gasteiger partial charge on any atom is 0.0929 e. The van der Waals surface area contributed by atoms with Gasteiger partial charge in [0.15, 0.2) is 0 Å². The van der Waals surface area contributed by atoms with E-state index in [1.165, 1.54) is 9.75 Å². The van der Waals surface area contributed by atoms with Gasteiger partial charge in [-0.3, -0.25) is 0 Å². The zero-order valence-corrected chi connectivity index (χ0v) is 13.9. The molecule has 19 heavy (non-hydrogen) atoms. The molecule has 2 nitrogen and oxygen atoms in total. The first-order valence-electron chi connectivity index (χ1n) is 5.64. The van der Waals surface area contributed by atoms with Gasteiger partial charge in [-0.25, -0.2) is 0 Å². The van der Waals surface area contributed by atoms with E-state index >= 15 is 0 Å². The van der Waals surface area contributed by atoms with Crippen LogP contribution in [0.1, 0.15) is 18.9 Å². The Labute approximate surface area is 133 Å². The van der Waals surface area contributed by atoms with Crippen LogP contribution in [0.4, 0.5) is 0 Å². The zero-order valence-electron chi connectivity index (χ0n) is 9.81. The summed E-state index contributed by atoms with van der Waals surface area (Å²) < 4.78 is 0.783. The van der Waals surface area contributed by atoms with Gasteiger partial charge in [0, 0.05) is 19.6 Å². The predicted octanol–water partition coefficient (Wildman–Crippen LogP) is 4.37. The second-order valence-electron chi connectivity index (χ2n) is 3.90. The Hall–Kier alpha value is 0.500. The maximum atomic E-state index is 9.13. The molecule has 3 heterocycles. The summed E-state index contributed by atoms with van der Waals surface area (Å²) in [6, 6.07) is 4.38. The molecule has 0 bridgehead atoms. The number of thioether (sulfide) groups is 4. The zero-order chi connectivity index (χ0) is 13.2. The summed E-state index contributed by atoms with van der Waals surface area (Å²) in [5.74, 6) is 0. The van der Waals surface area contributed by atoms with Crippen molar-refractivity contribution in [1.82, 2.24) is 0 Å². The molecule has 7 heteroatoms. The van der Waals surface area contributed by atoms with Crippen LogP contribution in [0.3, 0.4) is 0 Å². The lowest BCUT2D eigenvalue weighted by molar-refractivity contribution is 0.339. The van der Waals surface area contributed by atoms with E-state index in [1.807, 2.05) is 11.3 Å². The third kappa shape index (κ3) is 3.23. The minimum absolute atomic E-state index is 0.143. The summed E-state index contributed by atoms with van der Waals surface area (Å²) in [6.07, 6.45) is 0. The Morgan fingerprint density at radius 2 is 1.32 bits per heavy atom. The van der Waals surface area contributed by atoms with Crippen LogP contribution >= 0.6 is 58.4 Å². The minimum Gasteiger partial charge on any atom is -0.391 e. The first-order valence-corrected chi connectivity index (χ1v) is 10.1. The average molecular weight is 349 g/mol. The number of hydrogen-bond acceptors (Lipinski definition) is 7. The quantitative estimate of drug-likeness (QED) is 0.842. The number of rotatable bonds is 4. The predicted molar refractivity (Wildman–Crippen MR) is 90.5 cm³/mol. The molecule has 102 valence electrons. The fraction of sp³-hybridized carbons (Fsp3) is 0.333. The smallest absolute Gasteiger partial charge is 0.0929 e. The Balaban J connectivity index is 1.65. The fourth-order valence-corrected chi connectivity index (χ4v) is 8.13. The van der Waals surface area contributed by atoms with Crippen molar-refractivity contribution >= 4 is 58.4 Å². The summed E-state index contributed by atoms with van der Waals surface area (Å²) in [4.78, 5) is 4.81. The SMILES string of the molecule is OCC1=CSC(c2ccc(C3SC=C(CO)S3)s2)S1. The lowest BCUT2D eigenvalue weighted by Crippen LogP contribution is -1.83. The van der Waals surface area contributed by atoms with E-state index in [9.17, 15) is 0 Å². The summed E-state index contributed by atoms with van der Waals surface area (Å²) in [7, 11) is 0. The third-order valence-corrected chi connectivity index (χ3v) is 9.82. The van der Waals surface area contributed by atoms with Crippen LogP contribution in [0, 0.1) is 0 Å². The van der Waals surface area contributed by atoms with Gasteiger partial charge in [-0.2, -0.15) is 0 Å². The Kier molecular flexibility index (Phi) is 4.95. The number of aliphatic hydroxyl groups excluding tert-OH is 2. The minimum atomic E-state index is 0.143. The second-order valence-corrected chi connectivity index (χ2v) is 10.1. The van der Waals surface area contributed by atoms with Gasteiger partial charge in [-0.1, -0.05) is 0 Å². The van der Waals surface area contributed by atoms with Crippen molar-refractivity contribution in [2.75, 3.05) is 13.2 Å². The van der Waals surface area contributed by atoms with Crippen LogP contribution in [0.2, 0.25) is 0 Å². The van der Waals surface area contributed by atoms with E-state index in [0.29, 0.717) is 9.16 Å². The van der Waals surface area contributed by atoms with Crippen LogP contribution in [-0.4, -0.2) is 23.4 Å². The molecule has 2 N–H and O–H groups in total. The molecule has 2 atom stereocenters. The van der Waals surface area contributed by atoms with E-state index in [2.05, 4.69) is 22.9 Å². The van der Waals surface area contributed by atoms with Crippen molar-refractivity contribution in [2.24, 2.45) is 0 Å². The fourth-order valence-electron chi connectivity index (χ4n) is 1.68. The Morgan fingerprint density at radius 3 is 1.68 bits per heavy atom. The van der Waals surface area contributed by atoms with E-state index in [4.69, 9.17) is 10.2 Å². The molecule has 0 aliphatic carbocycles. The molecule has 2 aliphatic heterocycles. The number of hydrogen-bond donors (Lipinski definition) is 2. The first kappa shape index (κ1) is 14.4. The van der Waals surface area contributed by atoms with Crippen molar-refractivity contribution in [3.8, 4) is 0 Å². The molecule has 0 saturated carbocycles. The largest absolute Gasteiger partial charge is 0.391 e. The molecule has 2 unspecified atom stereocenters. The van der Waals surface area contributed by atoms with Gasteiger partial charge >= 0.3 is 0 Å². The highest BCUT2D eigenvalue weighted by Gasteiger charge is 2.25. The van der Waals surface area contributed by atoms with Gasteiger partial charge in [-0.15, -0.1) is 58.4 Å². The highest BCUT2D eigenvalue weighted by molar-refractivity contribution is 8.23. The van der Waals surface area contributed by atoms with Gasteiger partial charge in [-0.05, 0) is 22.9 Å². The topological polar surface area (TPSA) is 40.5 Å². The van der Waals surface area contributed by atoms with Crippen molar-refractivity contribution in [1.29, 1.82) is 0 Å². The van der Waals surface area contributed by atoms with Crippen LogP contribution in [-0.2, 0) is 0 Å². The summed E-state index contributed by atoms with van der Waals surface area (Å²) >= 11 is 8.87. The maximum absolute atomic E-state index is 9.13. The normalized spacial score (nSPS) is 26.6. The van der Waals surface area contributed by atoms with Gasteiger partial charge in [0.2, 0.25) is 0 Å². The van der Waals surface area contributed by atoms with E-state index < -0.39 is 0 Å². The molecule has 1 aromatic rings. The molecule has 1 aromatic heterocycles.